The van der Waals surface area contributed by atoms with Gasteiger partial charge >= 0.3 is 0 Å². The van der Waals surface area contributed by atoms with Crippen molar-refractivity contribution < 1.29 is 9.47 Å². The molecule has 0 fully saturated rings. The van der Waals surface area contributed by atoms with E-state index < -0.39 is 0 Å². The molecule has 2 rings (SSSR count). The standard InChI is InChI=1S/C14H14BrClN2O2/c1-19-13-5-12(14(20-2)4-11(13)16)18-7-9-3-10(15)8-17-6-9/h3-6,8,18H,7H2,1-2H3. The van der Waals surface area contributed by atoms with Crippen molar-refractivity contribution >= 4 is 33.2 Å². The third kappa shape index (κ3) is 3.55. The summed E-state index contributed by atoms with van der Waals surface area (Å²) in [5.41, 5.74) is 1.86. The highest BCUT2D eigenvalue weighted by Crippen LogP contribution is 2.36. The molecule has 20 heavy (non-hydrogen) atoms. The molecule has 1 aromatic heterocycles. The van der Waals surface area contributed by atoms with E-state index in [0.717, 1.165) is 15.7 Å². The van der Waals surface area contributed by atoms with Crippen molar-refractivity contribution in [2.45, 2.75) is 6.54 Å². The molecule has 0 aliphatic carbocycles. The molecule has 0 saturated heterocycles. The van der Waals surface area contributed by atoms with Gasteiger partial charge in [-0.15, -0.1) is 0 Å². The van der Waals surface area contributed by atoms with Crippen LogP contribution in [0.1, 0.15) is 5.56 Å². The number of pyridine rings is 1. The first-order valence-electron chi connectivity index (χ1n) is 5.89. The number of rotatable bonds is 5. The lowest BCUT2D eigenvalue weighted by molar-refractivity contribution is 0.404. The van der Waals surface area contributed by atoms with E-state index in [0.29, 0.717) is 23.1 Å². The molecule has 0 bridgehead atoms. The van der Waals surface area contributed by atoms with E-state index in [1.165, 1.54) is 0 Å². The molecule has 0 spiro atoms. The van der Waals surface area contributed by atoms with Crippen LogP contribution in [0.25, 0.3) is 0 Å². The fourth-order valence-electron chi connectivity index (χ4n) is 1.75. The normalized spacial score (nSPS) is 10.2. The van der Waals surface area contributed by atoms with Crippen LogP contribution in [-0.4, -0.2) is 19.2 Å². The zero-order chi connectivity index (χ0) is 14.5. The zero-order valence-corrected chi connectivity index (χ0v) is 13.5. The number of methoxy groups -OCH3 is 2. The monoisotopic (exact) mass is 356 g/mol. The summed E-state index contributed by atoms with van der Waals surface area (Å²) in [5.74, 6) is 1.26. The Balaban J connectivity index is 2.20. The number of ether oxygens (including phenoxy) is 2. The summed E-state index contributed by atoms with van der Waals surface area (Å²) in [6.45, 7) is 0.619. The second-order valence-electron chi connectivity index (χ2n) is 4.05. The molecule has 0 saturated carbocycles. The third-order valence-corrected chi connectivity index (χ3v) is 3.45. The Labute approximate surface area is 131 Å². The predicted octanol–water partition coefficient (Wildman–Crippen LogP) is 4.13. The number of hydrogen-bond donors (Lipinski definition) is 1. The first kappa shape index (κ1) is 14.9. The van der Waals surface area contributed by atoms with Gasteiger partial charge in [-0.1, -0.05) is 11.6 Å². The van der Waals surface area contributed by atoms with Gasteiger partial charge in [-0.05, 0) is 27.6 Å². The van der Waals surface area contributed by atoms with Crippen molar-refractivity contribution in [1.29, 1.82) is 0 Å². The Kier molecular flexibility index (Phi) is 5.09. The summed E-state index contributed by atoms with van der Waals surface area (Å²) in [5, 5.41) is 3.80. The first-order valence-corrected chi connectivity index (χ1v) is 7.06. The van der Waals surface area contributed by atoms with Crippen molar-refractivity contribution in [3.63, 3.8) is 0 Å². The molecule has 4 nitrogen and oxygen atoms in total. The van der Waals surface area contributed by atoms with E-state index in [-0.39, 0.29) is 0 Å². The number of benzene rings is 1. The second-order valence-corrected chi connectivity index (χ2v) is 5.37. The smallest absolute Gasteiger partial charge is 0.143 e. The maximum absolute atomic E-state index is 6.07. The molecule has 0 unspecified atom stereocenters. The average Bonchev–Trinajstić information content (AvgIpc) is 2.45. The van der Waals surface area contributed by atoms with E-state index in [4.69, 9.17) is 21.1 Å². The number of nitrogens with zero attached hydrogens (tertiary/aromatic N) is 1. The van der Waals surface area contributed by atoms with Gasteiger partial charge in [0.05, 0.1) is 24.9 Å². The molecular formula is C14H14BrClN2O2. The van der Waals surface area contributed by atoms with E-state index >= 15 is 0 Å². The highest BCUT2D eigenvalue weighted by atomic mass is 79.9. The van der Waals surface area contributed by atoms with Gasteiger partial charge in [-0.2, -0.15) is 0 Å². The summed E-state index contributed by atoms with van der Waals surface area (Å²) in [6, 6.07) is 5.54. The van der Waals surface area contributed by atoms with Crippen LogP contribution < -0.4 is 14.8 Å². The van der Waals surface area contributed by atoms with E-state index in [2.05, 4.69) is 26.2 Å². The largest absolute Gasteiger partial charge is 0.495 e. The van der Waals surface area contributed by atoms with Gasteiger partial charge in [0.25, 0.3) is 0 Å². The molecule has 1 heterocycles. The maximum Gasteiger partial charge on any atom is 0.143 e. The number of anilines is 1. The molecule has 2 aromatic rings. The Morgan fingerprint density at radius 3 is 2.55 bits per heavy atom. The van der Waals surface area contributed by atoms with Crippen LogP contribution in [0, 0.1) is 0 Å². The van der Waals surface area contributed by atoms with Gasteiger partial charge in [0.2, 0.25) is 0 Å². The fraction of sp³-hybridized carbons (Fsp3) is 0.214. The molecule has 0 aliphatic heterocycles. The highest BCUT2D eigenvalue weighted by Gasteiger charge is 2.09. The molecular weight excluding hydrogens is 344 g/mol. The van der Waals surface area contributed by atoms with Gasteiger partial charge in [-0.3, -0.25) is 4.98 Å². The quantitative estimate of drug-likeness (QED) is 0.874. The number of nitrogens with one attached hydrogen (secondary N) is 1. The summed E-state index contributed by atoms with van der Waals surface area (Å²) in [4.78, 5) is 4.12. The molecule has 106 valence electrons. The van der Waals surface area contributed by atoms with Crippen LogP contribution in [0.2, 0.25) is 5.02 Å². The topological polar surface area (TPSA) is 43.4 Å². The van der Waals surface area contributed by atoms with Gasteiger partial charge in [-0.25, -0.2) is 0 Å². The first-order chi connectivity index (χ1) is 9.63. The van der Waals surface area contributed by atoms with Crippen LogP contribution in [0.5, 0.6) is 11.5 Å². The van der Waals surface area contributed by atoms with Gasteiger partial charge in [0.1, 0.15) is 11.5 Å². The molecule has 1 N–H and O–H groups in total. The third-order valence-electron chi connectivity index (χ3n) is 2.72. The lowest BCUT2D eigenvalue weighted by atomic mass is 10.2. The molecule has 0 atom stereocenters. The molecule has 0 radical (unpaired) electrons. The summed E-state index contributed by atoms with van der Waals surface area (Å²) in [6.07, 6.45) is 3.55. The lowest BCUT2D eigenvalue weighted by Gasteiger charge is -2.14. The summed E-state index contributed by atoms with van der Waals surface area (Å²) in [7, 11) is 3.18. The average molecular weight is 358 g/mol. The molecule has 6 heteroatoms. The van der Waals surface area contributed by atoms with Crippen LogP contribution in [0.3, 0.4) is 0 Å². The summed E-state index contributed by atoms with van der Waals surface area (Å²) >= 11 is 9.47. The predicted molar refractivity (Wildman–Crippen MR) is 83.8 cm³/mol. The van der Waals surface area contributed by atoms with E-state index in [1.54, 1.807) is 32.7 Å². The Hall–Kier alpha value is -1.46. The minimum atomic E-state index is 0.513. The Morgan fingerprint density at radius 1 is 1.15 bits per heavy atom. The van der Waals surface area contributed by atoms with Crippen molar-refractivity contribution in [3.05, 3.63) is 45.7 Å². The van der Waals surface area contributed by atoms with E-state index in [9.17, 15) is 0 Å². The number of halogens is 2. The fourth-order valence-corrected chi connectivity index (χ4v) is 2.39. The molecule has 1 aromatic carbocycles. The van der Waals surface area contributed by atoms with Crippen LogP contribution in [0.15, 0.2) is 35.1 Å². The van der Waals surface area contributed by atoms with Crippen LogP contribution in [0.4, 0.5) is 5.69 Å². The number of hydrogen-bond acceptors (Lipinski definition) is 4. The Bertz CT molecular complexity index is 608. The molecule has 0 amide bonds. The van der Waals surface area contributed by atoms with Crippen molar-refractivity contribution in [2.75, 3.05) is 19.5 Å². The zero-order valence-electron chi connectivity index (χ0n) is 11.1. The van der Waals surface area contributed by atoms with Crippen LogP contribution in [-0.2, 0) is 6.54 Å². The maximum atomic E-state index is 6.07. The second kappa shape index (κ2) is 6.81. The SMILES string of the molecule is COc1cc(NCc2cncc(Br)c2)c(OC)cc1Cl. The van der Waals surface area contributed by atoms with Gasteiger partial charge in [0.15, 0.2) is 0 Å². The highest BCUT2D eigenvalue weighted by molar-refractivity contribution is 9.10. The van der Waals surface area contributed by atoms with Crippen LogP contribution >= 0.6 is 27.5 Å². The lowest BCUT2D eigenvalue weighted by Crippen LogP contribution is -2.02. The minimum absolute atomic E-state index is 0.513. The van der Waals surface area contributed by atoms with Gasteiger partial charge < -0.3 is 14.8 Å². The molecule has 0 aliphatic rings. The minimum Gasteiger partial charge on any atom is -0.495 e. The summed E-state index contributed by atoms with van der Waals surface area (Å²) < 4.78 is 11.5. The van der Waals surface area contributed by atoms with Crippen molar-refractivity contribution in [2.24, 2.45) is 0 Å². The van der Waals surface area contributed by atoms with Gasteiger partial charge in [0, 0.05) is 35.5 Å². The number of aromatic nitrogens is 1. The van der Waals surface area contributed by atoms with Crippen molar-refractivity contribution in [3.8, 4) is 11.5 Å². The Morgan fingerprint density at radius 2 is 1.90 bits per heavy atom. The van der Waals surface area contributed by atoms with E-state index in [1.807, 2.05) is 12.1 Å². The van der Waals surface area contributed by atoms with Crippen molar-refractivity contribution in [1.82, 2.24) is 4.98 Å².